The van der Waals surface area contributed by atoms with Crippen LogP contribution in [-0.4, -0.2) is 47.3 Å². The summed E-state index contributed by atoms with van der Waals surface area (Å²) in [5.74, 6) is -0.0125. The van der Waals surface area contributed by atoms with Gasteiger partial charge in [0.1, 0.15) is 0 Å². The summed E-state index contributed by atoms with van der Waals surface area (Å²) in [4.78, 5) is 29.6. The monoisotopic (exact) mass is 421 g/mol. The van der Waals surface area contributed by atoms with Crippen LogP contribution in [0, 0.1) is 0 Å². The molecule has 1 aliphatic heterocycles. The van der Waals surface area contributed by atoms with Crippen LogP contribution in [-0.2, 0) is 13.1 Å². The summed E-state index contributed by atoms with van der Waals surface area (Å²) in [5, 5.41) is 2.98. The van der Waals surface area contributed by atoms with E-state index in [0.717, 1.165) is 44.6 Å². The minimum absolute atomic E-state index is 0.0889. The number of nitrogens with zero attached hydrogens (tertiary/aromatic N) is 2. The molecule has 0 aromatic heterocycles. The smallest absolute Gasteiger partial charge is 0.253 e. The van der Waals surface area contributed by atoms with E-state index in [1.54, 1.807) is 0 Å². The van der Waals surface area contributed by atoms with Crippen molar-refractivity contribution in [1.82, 2.24) is 15.1 Å². The molecule has 1 N–H and O–H groups in total. The second-order valence-electron chi connectivity index (χ2n) is 8.59. The van der Waals surface area contributed by atoms with Gasteiger partial charge in [0.25, 0.3) is 11.8 Å². The molecule has 0 atom stereocenters. The Morgan fingerprint density at radius 3 is 2.32 bits per heavy atom. The number of likely N-dealkylation sites (tertiary alicyclic amines) is 1. The van der Waals surface area contributed by atoms with E-state index in [0.29, 0.717) is 23.7 Å². The van der Waals surface area contributed by atoms with Gasteiger partial charge in [0.2, 0.25) is 0 Å². The number of piperidine rings is 1. The van der Waals surface area contributed by atoms with E-state index in [-0.39, 0.29) is 11.8 Å². The second kappa shape index (κ2) is 11.1. The Morgan fingerprint density at radius 1 is 0.968 bits per heavy atom. The van der Waals surface area contributed by atoms with Gasteiger partial charge >= 0.3 is 0 Å². The zero-order chi connectivity index (χ0) is 22.2. The fraction of sp³-hybridized carbons (Fsp3) is 0.462. The predicted octanol–water partition coefficient (Wildman–Crippen LogP) is 4.47. The molecule has 1 aliphatic rings. The van der Waals surface area contributed by atoms with Gasteiger partial charge in [0.15, 0.2) is 0 Å². The van der Waals surface area contributed by atoms with Crippen molar-refractivity contribution in [2.75, 3.05) is 19.6 Å². The molecule has 31 heavy (non-hydrogen) atoms. The van der Waals surface area contributed by atoms with Crippen molar-refractivity contribution in [3.8, 4) is 0 Å². The van der Waals surface area contributed by atoms with E-state index < -0.39 is 0 Å². The summed E-state index contributed by atoms with van der Waals surface area (Å²) in [6.07, 6.45) is 3.36. The van der Waals surface area contributed by atoms with Crippen LogP contribution in [0.15, 0.2) is 48.5 Å². The van der Waals surface area contributed by atoms with Crippen LogP contribution in [0.1, 0.15) is 71.9 Å². The first kappa shape index (κ1) is 23.0. The standard InChI is InChI=1S/C26H35N3O2/c1-4-28(20(2)3)19-21-11-13-23(14-12-21)25(30)27-18-22-9-8-10-24(17-22)26(31)29-15-6-5-7-16-29/h8-14,17,20H,4-7,15-16,18-19H2,1-3H3,(H,27,30). The average molecular weight is 422 g/mol. The summed E-state index contributed by atoms with van der Waals surface area (Å²) >= 11 is 0. The van der Waals surface area contributed by atoms with Crippen LogP contribution < -0.4 is 5.32 Å². The van der Waals surface area contributed by atoms with Gasteiger partial charge in [-0.3, -0.25) is 14.5 Å². The van der Waals surface area contributed by atoms with E-state index in [2.05, 4.69) is 31.0 Å². The first-order valence-corrected chi connectivity index (χ1v) is 11.5. The van der Waals surface area contributed by atoms with Crippen molar-refractivity contribution >= 4 is 11.8 Å². The molecule has 166 valence electrons. The largest absolute Gasteiger partial charge is 0.348 e. The third kappa shape index (κ3) is 6.41. The number of amides is 2. The molecule has 3 rings (SSSR count). The number of carbonyl (C=O) groups excluding carboxylic acids is 2. The van der Waals surface area contributed by atoms with Crippen molar-refractivity contribution in [2.45, 2.75) is 59.2 Å². The lowest BCUT2D eigenvalue weighted by Gasteiger charge is -2.26. The molecule has 5 nitrogen and oxygen atoms in total. The molecule has 2 aromatic rings. The van der Waals surface area contributed by atoms with Crippen molar-refractivity contribution in [3.63, 3.8) is 0 Å². The minimum atomic E-state index is -0.101. The fourth-order valence-electron chi connectivity index (χ4n) is 4.03. The first-order valence-electron chi connectivity index (χ1n) is 11.5. The second-order valence-corrected chi connectivity index (χ2v) is 8.59. The molecule has 5 heteroatoms. The maximum Gasteiger partial charge on any atom is 0.253 e. The highest BCUT2D eigenvalue weighted by Crippen LogP contribution is 2.15. The van der Waals surface area contributed by atoms with Gasteiger partial charge in [-0.25, -0.2) is 0 Å². The van der Waals surface area contributed by atoms with Gasteiger partial charge < -0.3 is 10.2 Å². The summed E-state index contributed by atoms with van der Waals surface area (Å²) in [6.45, 7) is 10.5. The summed E-state index contributed by atoms with van der Waals surface area (Å²) < 4.78 is 0. The Hall–Kier alpha value is -2.66. The molecule has 2 amide bonds. The molecular formula is C26H35N3O2. The zero-order valence-electron chi connectivity index (χ0n) is 19.1. The molecule has 0 radical (unpaired) electrons. The number of hydrogen-bond donors (Lipinski definition) is 1. The summed E-state index contributed by atoms with van der Waals surface area (Å²) in [7, 11) is 0. The van der Waals surface area contributed by atoms with Crippen LogP contribution in [0.2, 0.25) is 0 Å². The molecule has 1 heterocycles. The van der Waals surface area contributed by atoms with Gasteiger partial charge in [0.05, 0.1) is 0 Å². The van der Waals surface area contributed by atoms with E-state index in [9.17, 15) is 9.59 Å². The van der Waals surface area contributed by atoms with Crippen molar-refractivity contribution in [3.05, 3.63) is 70.8 Å². The molecule has 0 bridgehead atoms. The van der Waals surface area contributed by atoms with Crippen molar-refractivity contribution in [1.29, 1.82) is 0 Å². The maximum atomic E-state index is 12.7. The van der Waals surface area contributed by atoms with Crippen LogP contribution in [0.5, 0.6) is 0 Å². The number of rotatable bonds is 8. The lowest BCUT2D eigenvalue weighted by atomic mass is 10.1. The van der Waals surface area contributed by atoms with Gasteiger partial charge in [-0.15, -0.1) is 0 Å². The first-order chi connectivity index (χ1) is 15.0. The Bertz CT molecular complexity index is 870. The molecule has 0 spiro atoms. The lowest BCUT2D eigenvalue weighted by Crippen LogP contribution is -2.35. The van der Waals surface area contributed by atoms with Crippen LogP contribution in [0.25, 0.3) is 0 Å². The third-order valence-corrected chi connectivity index (χ3v) is 6.01. The van der Waals surface area contributed by atoms with Crippen LogP contribution >= 0.6 is 0 Å². The molecule has 0 aliphatic carbocycles. The minimum Gasteiger partial charge on any atom is -0.348 e. The van der Waals surface area contributed by atoms with E-state index in [1.807, 2.05) is 53.4 Å². The number of carbonyl (C=O) groups is 2. The van der Waals surface area contributed by atoms with Gasteiger partial charge in [0, 0.05) is 43.3 Å². The molecule has 1 saturated heterocycles. The molecule has 1 fully saturated rings. The highest BCUT2D eigenvalue weighted by Gasteiger charge is 2.18. The quantitative estimate of drug-likeness (QED) is 0.684. The number of hydrogen-bond acceptors (Lipinski definition) is 3. The SMILES string of the molecule is CCN(Cc1ccc(C(=O)NCc2cccc(C(=O)N3CCCCC3)c2)cc1)C(C)C. The van der Waals surface area contributed by atoms with Gasteiger partial charge in [-0.2, -0.15) is 0 Å². The van der Waals surface area contributed by atoms with Crippen LogP contribution in [0.3, 0.4) is 0 Å². The number of nitrogens with one attached hydrogen (secondary N) is 1. The molecule has 0 unspecified atom stereocenters. The van der Waals surface area contributed by atoms with Crippen LogP contribution in [0.4, 0.5) is 0 Å². The summed E-state index contributed by atoms with van der Waals surface area (Å²) in [5.41, 5.74) is 3.49. The number of benzene rings is 2. The molecular weight excluding hydrogens is 386 g/mol. The Morgan fingerprint density at radius 2 is 1.68 bits per heavy atom. The lowest BCUT2D eigenvalue weighted by molar-refractivity contribution is 0.0724. The maximum absolute atomic E-state index is 12.7. The Labute approximate surface area is 186 Å². The third-order valence-electron chi connectivity index (χ3n) is 6.01. The fourth-order valence-corrected chi connectivity index (χ4v) is 4.03. The normalized spacial score (nSPS) is 14.2. The van der Waals surface area contributed by atoms with Crippen molar-refractivity contribution in [2.24, 2.45) is 0 Å². The Balaban J connectivity index is 1.56. The Kier molecular flexibility index (Phi) is 8.24. The highest BCUT2D eigenvalue weighted by atomic mass is 16.2. The summed E-state index contributed by atoms with van der Waals surface area (Å²) in [6, 6.07) is 15.9. The van der Waals surface area contributed by atoms with Gasteiger partial charge in [-0.1, -0.05) is 31.2 Å². The van der Waals surface area contributed by atoms with E-state index in [4.69, 9.17) is 0 Å². The van der Waals surface area contributed by atoms with E-state index in [1.165, 1.54) is 12.0 Å². The van der Waals surface area contributed by atoms with Crippen molar-refractivity contribution < 1.29 is 9.59 Å². The topological polar surface area (TPSA) is 52.7 Å². The highest BCUT2D eigenvalue weighted by molar-refractivity contribution is 5.95. The molecule has 0 saturated carbocycles. The predicted molar refractivity (Wildman–Crippen MR) is 125 cm³/mol. The molecule has 2 aromatic carbocycles. The van der Waals surface area contributed by atoms with Gasteiger partial charge in [-0.05, 0) is 75.0 Å². The zero-order valence-corrected chi connectivity index (χ0v) is 19.1. The average Bonchev–Trinajstić information content (AvgIpc) is 2.81. The van der Waals surface area contributed by atoms with E-state index >= 15 is 0 Å².